The molecule has 0 aromatic carbocycles. The summed E-state index contributed by atoms with van der Waals surface area (Å²) in [6.07, 6.45) is 6.50. The Kier molecular flexibility index (Phi) is 5.01. The minimum absolute atomic E-state index is 0.227. The van der Waals surface area contributed by atoms with E-state index in [1.165, 1.54) is 19.3 Å². The first-order chi connectivity index (χ1) is 8.74. The van der Waals surface area contributed by atoms with Gasteiger partial charge in [0.05, 0.1) is 0 Å². The largest absolute Gasteiger partial charge is 0.385 e. The molecule has 1 aliphatic carbocycles. The first kappa shape index (κ1) is 13.8. The Labute approximate surface area is 110 Å². The van der Waals surface area contributed by atoms with Crippen molar-refractivity contribution in [2.45, 2.75) is 38.5 Å². The lowest BCUT2D eigenvalue weighted by molar-refractivity contribution is -0.121. The zero-order valence-corrected chi connectivity index (χ0v) is 11.5. The average molecular weight is 254 g/mol. The highest BCUT2D eigenvalue weighted by molar-refractivity contribution is 5.75. The van der Waals surface area contributed by atoms with E-state index in [4.69, 9.17) is 4.74 Å². The zero-order valence-electron chi connectivity index (χ0n) is 11.5. The molecule has 4 heteroatoms. The van der Waals surface area contributed by atoms with E-state index in [-0.39, 0.29) is 5.91 Å². The first-order valence-corrected chi connectivity index (χ1v) is 7.20. The van der Waals surface area contributed by atoms with Crippen molar-refractivity contribution in [1.29, 1.82) is 0 Å². The van der Waals surface area contributed by atoms with Crippen LogP contribution in [0.5, 0.6) is 0 Å². The minimum Gasteiger partial charge on any atom is -0.385 e. The predicted octanol–water partition coefficient (Wildman–Crippen LogP) is 1.31. The van der Waals surface area contributed by atoms with Gasteiger partial charge in [0.1, 0.15) is 0 Å². The maximum Gasteiger partial charge on any atom is 0.220 e. The Bertz CT molecular complexity index is 271. The molecule has 0 bridgehead atoms. The lowest BCUT2D eigenvalue weighted by atomic mass is 10.0. The number of rotatable bonds is 8. The van der Waals surface area contributed by atoms with Crippen molar-refractivity contribution in [3.05, 3.63) is 0 Å². The van der Waals surface area contributed by atoms with Gasteiger partial charge < -0.3 is 15.4 Å². The fraction of sp³-hybridized carbons (Fsp3) is 0.929. The summed E-state index contributed by atoms with van der Waals surface area (Å²) >= 11 is 0. The van der Waals surface area contributed by atoms with Crippen LogP contribution in [-0.4, -0.2) is 39.3 Å². The van der Waals surface area contributed by atoms with Gasteiger partial charge in [-0.3, -0.25) is 4.79 Å². The van der Waals surface area contributed by atoms with E-state index in [2.05, 4.69) is 10.6 Å². The molecule has 2 fully saturated rings. The summed E-state index contributed by atoms with van der Waals surface area (Å²) in [5.74, 6) is 0.935. The molecule has 0 spiro atoms. The van der Waals surface area contributed by atoms with Gasteiger partial charge in [0.15, 0.2) is 0 Å². The predicted molar refractivity (Wildman–Crippen MR) is 71.4 cm³/mol. The molecule has 104 valence electrons. The Morgan fingerprint density at radius 3 is 2.94 bits per heavy atom. The second kappa shape index (κ2) is 6.53. The highest BCUT2D eigenvalue weighted by atomic mass is 16.5. The van der Waals surface area contributed by atoms with Gasteiger partial charge in [-0.05, 0) is 56.5 Å². The van der Waals surface area contributed by atoms with Crippen LogP contribution in [-0.2, 0) is 9.53 Å². The maximum absolute atomic E-state index is 11.8. The van der Waals surface area contributed by atoms with Gasteiger partial charge in [-0.15, -0.1) is 0 Å². The molecule has 1 heterocycles. The average Bonchev–Trinajstić information content (AvgIpc) is 2.96. The smallest absolute Gasteiger partial charge is 0.220 e. The van der Waals surface area contributed by atoms with Gasteiger partial charge in [-0.2, -0.15) is 0 Å². The van der Waals surface area contributed by atoms with E-state index in [1.807, 2.05) is 0 Å². The summed E-state index contributed by atoms with van der Waals surface area (Å²) in [5.41, 5.74) is 0.362. The standard InChI is InChI=1S/C14H26N2O2/c1-18-9-7-14(5-6-14)11-16-13(17)3-2-12-4-8-15-10-12/h12,15H,2-11H2,1H3,(H,16,17). The van der Waals surface area contributed by atoms with Crippen molar-refractivity contribution < 1.29 is 9.53 Å². The molecule has 4 nitrogen and oxygen atoms in total. The number of carbonyl (C=O) groups is 1. The van der Waals surface area contributed by atoms with E-state index >= 15 is 0 Å². The quantitative estimate of drug-likeness (QED) is 0.686. The van der Waals surface area contributed by atoms with Crippen molar-refractivity contribution in [2.24, 2.45) is 11.3 Å². The van der Waals surface area contributed by atoms with Crippen molar-refractivity contribution >= 4 is 5.91 Å². The van der Waals surface area contributed by atoms with Crippen LogP contribution < -0.4 is 10.6 Å². The fourth-order valence-electron chi connectivity index (χ4n) is 2.68. The third kappa shape index (κ3) is 4.25. The summed E-state index contributed by atoms with van der Waals surface area (Å²) in [6.45, 7) is 3.86. The molecule has 1 saturated heterocycles. The molecule has 1 aliphatic heterocycles. The van der Waals surface area contributed by atoms with E-state index in [9.17, 15) is 4.79 Å². The molecule has 1 saturated carbocycles. The number of nitrogens with one attached hydrogen (secondary N) is 2. The Hall–Kier alpha value is -0.610. The van der Waals surface area contributed by atoms with Crippen molar-refractivity contribution in [1.82, 2.24) is 10.6 Å². The van der Waals surface area contributed by atoms with Crippen LogP contribution in [0.4, 0.5) is 0 Å². The molecule has 18 heavy (non-hydrogen) atoms. The van der Waals surface area contributed by atoms with Gasteiger partial charge in [-0.1, -0.05) is 0 Å². The number of hydrogen-bond acceptors (Lipinski definition) is 3. The van der Waals surface area contributed by atoms with Gasteiger partial charge in [0, 0.05) is 26.7 Å². The van der Waals surface area contributed by atoms with E-state index < -0.39 is 0 Å². The molecule has 0 aromatic rings. The van der Waals surface area contributed by atoms with Crippen LogP contribution in [0.1, 0.15) is 38.5 Å². The fourth-order valence-corrected chi connectivity index (χ4v) is 2.68. The highest BCUT2D eigenvalue weighted by Crippen LogP contribution is 2.48. The number of hydrogen-bond donors (Lipinski definition) is 2. The normalized spacial score (nSPS) is 25.1. The number of ether oxygens (including phenoxy) is 1. The monoisotopic (exact) mass is 254 g/mol. The minimum atomic E-state index is 0.227. The summed E-state index contributed by atoms with van der Waals surface area (Å²) in [5, 5.41) is 6.44. The van der Waals surface area contributed by atoms with Crippen molar-refractivity contribution in [3.63, 3.8) is 0 Å². The summed E-state index contributed by atoms with van der Waals surface area (Å²) in [6, 6.07) is 0. The van der Waals surface area contributed by atoms with E-state index in [0.717, 1.165) is 39.1 Å². The molecule has 1 amide bonds. The summed E-state index contributed by atoms with van der Waals surface area (Å²) in [4.78, 5) is 11.8. The third-order valence-corrected chi connectivity index (χ3v) is 4.40. The van der Waals surface area contributed by atoms with Crippen LogP contribution in [0.2, 0.25) is 0 Å². The van der Waals surface area contributed by atoms with Crippen molar-refractivity contribution in [2.75, 3.05) is 33.4 Å². The van der Waals surface area contributed by atoms with Crippen molar-refractivity contribution in [3.8, 4) is 0 Å². The lowest BCUT2D eigenvalue weighted by Crippen LogP contribution is -2.31. The van der Waals surface area contributed by atoms with Crippen LogP contribution >= 0.6 is 0 Å². The third-order valence-electron chi connectivity index (χ3n) is 4.40. The summed E-state index contributed by atoms with van der Waals surface area (Å²) in [7, 11) is 1.74. The molecule has 2 aliphatic rings. The number of amides is 1. The molecular weight excluding hydrogens is 228 g/mol. The Morgan fingerprint density at radius 2 is 2.33 bits per heavy atom. The highest BCUT2D eigenvalue weighted by Gasteiger charge is 2.41. The topological polar surface area (TPSA) is 50.4 Å². The molecule has 1 unspecified atom stereocenters. The van der Waals surface area contributed by atoms with Crippen LogP contribution in [0, 0.1) is 11.3 Å². The molecule has 0 radical (unpaired) electrons. The molecule has 2 rings (SSSR count). The first-order valence-electron chi connectivity index (χ1n) is 7.20. The molecule has 2 N–H and O–H groups in total. The van der Waals surface area contributed by atoms with Gasteiger partial charge in [0.2, 0.25) is 5.91 Å². The molecule has 1 atom stereocenters. The number of methoxy groups -OCH3 is 1. The second-order valence-electron chi connectivity index (χ2n) is 5.92. The van der Waals surface area contributed by atoms with Crippen LogP contribution in [0.25, 0.3) is 0 Å². The number of carbonyl (C=O) groups excluding carboxylic acids is 1. The van der Waals surface area contributed by atoms with E-state index in [0.29, 0.717) is 17.8 Å². The zero-order chi connectivity index (χ0) is 12.8. The van der Waals surface area contributed by atoms with Crippen LogP contribution in [0.15, 0.2) is 0 Å². The second-order valence-corrected chi connectivity index (χ2v) is 5.92. The van der Waals surface area contributed by atoms with E-state index in [1.54, 1.807) is 7.11 Å². The lowest BCUT2D eigenvalue weighted by Gasteiger charge is -2.16. The molecular formula is C14H26N2O2. The Balaban J connectivity index is 1.56. The van der Waals surface area contributed by atoms with Crippen LogP contribution in [0.3, 0.4) is 0 Å². The molecule has 0 aromatic heterocycles. The maximum atomic E-state index is 11.8. The Morgan fingerprint density at radius 1 is 1.50 bits per heavy atom. The summed E-state index contributed by atoms with van der Waals surface area (Å²) < 4.78 is 5.12. The van der Waals surface area contributed by atoms with Gasteiger partial charge >= 0.3 is 0 Å². The van der Waals surface area contributed by atoms with Gasteiger partial charge in [0.25, 0.3) is 0 Å². The SMILES string of the molecule is COCCC1(CNC(=O)CCC2CCNC2)CC1. The van der Waals surface area contributed by atoms with Gasteiger partial charge in [-0.25, -0.2) is 0 Å².